The van der Waals surface area contributed by atoms with Crippen molar-refractivity contribution in [2.24, 2.45) is 5.92 Å². The smallest absolute Gasteiger partial charge is 0.120 e. The van der Waals surface area contributed by atoms with Crippen LogP contribution < -0.4 is 5.32 Å². The van der Waals surface area contributed by atoms with Crippen molar-refractivity contribution < 1.29 is 4.42 Å². The highest BCUT2D eigenvalue weighted by Gasteiger charge is 2.17. The summed E-state index contributed by atoms with van der Waals surface area (Å²) in [4.78, 5) is 5.14. The van der Waals surface area contributed by atoms with E-state index in [1.165, 1.54) is 32.7 Å². The van der Waals surface area contributed by atoms with Gasteiger partial charge < -0.3 is 14.6 Å². The molecule has 20 heavy (non-hydrogen) atoms. The molecule has 1 aromatic rings. The Bertz CT molecular complexity index is 356. The van der Waals surface area contributed by atoms with E-state index in [4.69, 9.17) is 4.42 Å². The van der Waals surface area contributed by atoms with Gasteiger partial charge in [-0.05, 0) is 25.0 Å². The predicted octanol–water partition coefficient (Wildman–Crippen LogP) is 2.20. The summed E-state index contributed by atoms with van der Waals surface area (Å²) >= 11 is 0. The lowest BCUT2D eigenvalue weighted by Gasteiger charge is -2.35. The highest BCUT2D eigenvalue weighted by atomic mass is 16.3. The summed E-state index contributed by atoms with van der Waals surface area (Å²) in [5.74, 6) is 1.80. The van der Waals surface area contributed by atoms with Crippen LogP contribution in [0.2, 0.25) is 0 Å². The van der Waals surface area contributed by atoms with Crippen molar-refractivity contribution in [3.05, 3.63) is 24.2 Å². The summed E-state index contributed by atoms with van der Waals surface area (Å²) in [6.07, 6.45) is 1.74. The van der Waals surface area contributed by atoms with Crippen LogP contribution in [-0.4, -0.2) is 55.6 Å². The zero-order chi connectivity index (χ0) is 14.4. The van der Waals surface area contributed by atoms with Gasteiger partial charge in [-0.3, -0.25) is 4.90 Å². The van der Waals surface area contributed by atoms with Crippen molar-refractivity contribution in [2.45, 2.75) is 26.8 Å². The van der Waals surface area contributed by atoms with Gasteiger partial charge >= 0.3 is 0 Å². The molecule has 4 nitrogen and oxygen atoms in total. The molecule has 1 aromatic heterocycles. The van der Waals surface area contributed by atoms with E-state index in [1.807, 2.05) is 12.1 Å². The summed E-state index contributed by atoms with van der Waals surface area (Å²) in [5, 5.41) is 3.53. The summed E-state index contributed by atoms with van der Waals surface area (Å²) in [6.45, 7) is 15.0. The molecule has 0 spiro atoms. The van der Waals surface area contributed by atoms with Crippen molar-refractivity contribution in [1.82, 2.24) is 15.1 Å². The average Bonchev–Trinajstić information content (AvgIpc) is 2.94. The van der Waals surface area contributed by atoms with E-state index < -0.39 is 0 Å². The van der Waals surface area contributed by atoms with Gasteiger partial charge in [0.2, 0.25) is 0 Å². The number of piperazine rings is 1. The number of nitrogens with one attached hydrogen (secondary N) is 1. The largest absolute Gasteiger partial charge is 0.468 e. The monoisotopic (exact) mass is 279 g/mol. The molecule has 1 aliphatic rings. The van der Waals surface area contributed by atoms with E-state index >= 15 is 0 Å². The molecule has 2 rings (SSSR count). The van der Waals surface area contributed by atoms with Gasteiger partial charge in [0.25, 0.3) is 0 Å². The molecule has 0 aliphatic carbocycles. The Balaban J connectivity index is 1.59. The first-order chi connectivity index (χ1) is 9.65. The first kappa shape index (κ1) is 15.5. The van der Waals surface area contributed by atoms with Crippen molar-refractivity contribution in [3.8, 4) is 0 Å². The first-order valence-electron chi connectivity index (χ1n) is 7.86. The molecular formula is C16H29N3O. The summed E-state index contributed by atoms with van der Waals surface area (Å²) in [5.41, 5.74) is 0. The van der Waals surface area contributed by atoms with Crippen molar-refractivity contribution in [1.29, 1.82) is 0 Å². The molecule has 114 valence electrons. The van der Waals surface area contributed by atoms with E-state index in [0.29, 0.717) is 6.04 Å². The van der Waals surface area contributed by atoms with Gasteiger partial charge in [0.05, 0.1) is 12.3 Å². The second-order valence-electron chi connectivity index (χ2n) is 6.23. The second-order valence-corrected chi connectivity index (χ2v) is 6.23. The van der Waals surface area contributed by atoms with Gasteiger partial charge in [0.1, 0.15) is 5.76 Å². The molecule has 0 saturated carbocycles. The molecule has 0 radical (unpaired) electrons. The van der Waals surface area contributed by atoms with Crippen LogP contribution >= 0.6 is 0 Å². The van der Waals surface area contributed by atoms with E-state index in [-0.39, 0.29) is 0 Å². The van der Waals surface area contributed by atoms with Crippen molar-refractivity contribution in [2.75, 3.05) is 45.8 Å². The van der Waals surface area contributed by atoms with Crippen molar-refractivity contribution >= 4 is 0 Å². The fraction of sp³-hybridized carbons (Fsp3) is 0.750. The third-order valence-electron chi connectivity index (χ3n) is 3.94. The van der Waals surface area contributed by atoms with Gasteiger partial charge in [0.15, 0.2) is 0 Å². The maximum Gasteiger partial charge on any atom is 0.120 e. The molecule has 4 heteroatoms. The maximum atomic E-state index is 5.41. The molecule has 0 bridgehead atoms. The lowest BCUT2D eigenvalue weighted by molar-refractivity contribution is 0.122. The normalized spacial score (nSPS) is 19.6. The molecule has 1 aliphatic heterocycles. The Labute approximate surface area is 123 Å². The van der Waals surface area contributed by atoms with E-state index in [9.17, 15) is 0 Å². The Morgan fingerprint density at radius 1 is 1.15 bits per heavy atom. The summed E-state index contributed by atoms with van der Waals surface area (Å²) in [6, 6.07) is 4.27. The zero-order valence-corrected chi connectivity index (χ0v) is 13.1. The van der Waals surface area contributed by atoms with Gasteiger partial charge in [-0.15, -0.1) is 0 Å². The third-order valence-corrected chi connectivity index (χ3v) is 3.94. The summed E-state index contributed by atoms with van der Waals surface area (Å²) in [7, 11) is 0. The topological polar surface area (TPSA) is 31.6 Å². The molecule has 0 aromatic carbocycles. The molecule has 1 unspecified atom stereocenters. The van der Waals surface area contributed by atoms with E-state index in [1.54, 1.807) is 6.26 Å². The minimum absolute atomic E-state index is 0.298. The fourth-order valence-electron chi connectivity index (χ4n) is 2.79. The minimum Gasteiger partial charge on any atom is -0.468 e. The van der Waals surface area contributed by atoms with Crippen molar-refractivity contribution in [3.63, 3.8) is 0 Å². The number of hydrogen-bond donors (Lipinski definition) is 1. The molecule has 1 atom stereocenters. The first-order valence-corrected chi connectivity index (χ1v) is 7.86. The van der Waals surface area contributed by atoms with Crippen LogP contribution in [0, 0.1) is 5.92 Å². The van der Waals surface area contributed by atoms with Gasteiger partial charge in [-0.2, -0.15) is 0 Å². The van der Waals surface area contributed by atoms with Gasteiger partial charge in [-0.1, -0.05) is 13.8 Å². The average molecular weight is 279 g/mol. The second kappa shape index (κ2) is 7.81. The molecule has 1 saturated heterocycles. The van der Waals surface area contributed by atoms with Crippen LogP contribution in [0.3, 0.4) is 0 Å². The standard InChI is InChI=1S/C16H29N3O/c1-14(2)13-19-10-8-18(9-11-19)7-6-17-15(3)16-5-4-12-20-16/h4-5,12,14-15,17H,6-11,13H2,1-3H3. The molecule has 1 fully saturated rings. The molecule has 0 amide bonds. The fourth-order valence-corrected chi connectivity index (χ4v) is 2.79. The molecule has 1 N–H and O–H groups in total. The quantitative estimate of drug-likeness (QED) is 0.829. The highest BCUT2D eigenvalue weighted by Crippen LogP contribution is 2.11. The maximum absolute atomic E-state index is 5.41. The number of nitrogens with zero attached hydrogens (tertiary/aromatic N) is 2. The predicted molar refractivity (Wildman–Crippen MR) is 82.8 cm³/mol. The highest BCUT2D eigenvalue weighted by molar-refractivity contribution is 5.02. The number of furan rings is 1. The van der Waals surface area contributed by atoms with E-state index in [2.05, 4.69) is 35.9 Å². The Hall–Kier alpha value is -0.840. The Morgan fingerprint density at radius 2 is 1.85 bits per heavy atom. The SMILES string of the molecule is CC(C)CN1CCN(CCNC(C)c2ccco2)CC1. The lowest BCUT2D eigenvalue weighted by Crippen LogP contribution is -2.48. The third kappa shape index (κ3) is 4.93. The minimum atomic E-state index is 0.298. The van der Waals surface area contributed by atoms with Gasteiger partial charge in [-0.25, -0.2) is 0 Å². The Kier molecular flexibility index (Phi) is 6.07. The zero-order valence-electron chi connectivity index (χ0n) is 13.1. The molecule has 2 heterocycles. The van der Waals surface area contributed by atoms with Gasteiger partial charge in [0, 0.05) is 45.8 Å². The summed E-state index contributed by atoms with van der Waals surface area (Å²) < 4.78 is 5.41. The van der Waals surface area contributed by atoms with Crippen LogP contribution in [0.4, 0.5) is 0 Å². The van der Waals surface area contributed by atoms with Crippen LogP contribution in [0.5, 0.6) is 0 Å². The van der Waals surface area contributed by atoms with Crippen LogP contribution in [0.1, 0.15) is 32.6 Å². The number of rotatable bonds is 7. The van der Waals surface area contributed by atoms with Crippen LogP contribution in [0.25, 0.3) is 0 Å². The van der Waals surface area contributed by atoms with Crippen LogP contribution in [0.15, 0.2) is 22.8 Å². The number of hydrogen-bond acceptors (Lipinski definition) is 4. The van der Waals surface area contributed by atoms with Crippen LogP contribution in [-0.2, 0) is 0 Å². The lowest BCUT2D eigenvalue weighted by atomic mass is 10.2. The van der Waals surface area contributed by atoms with E-state index in [0.717, 1.165) is 24.8 Å². The Morgan fingerprint density at radius 3 is 2.45 bits per heavy atom. The molecular weight excluding hydrogens is 250 g/mol.